The predicted molar refractivity (Wildman–Crippen MR) is 228 cm³/mol. The smallest absolute Gasteiger partial charge is 0.160 e. The lowest BCUT2D eigenvalue weighted by Gasteiger charge is -2.14. The molecule has 11 aromatic rings. The highest BCUT2D eigenvalue weighted by molar-refractivity contribution is 6.26. The van der Waals surface area contributed by atoms with E-state index in [-0.39, 0.29) is 0 Å². The molecule has 0 aliphatic heterocycles. The first kappa shape index (κ1) is 31.1. The van der Waals surface area contributed by atoms with Gasteiger partial charge in [-0.15, -0.1) is 0 Å². The first-order valence-electron chi connectivity index (χ1n) is 18.6. The first-order chi connectivity index (χ1) is 27.3. The van der Waals surface area contributed by atoms with Crippen molar-refractivity contribution in [3.05, 3.63) is 194 Å². The molecular weight excluding hydrogens is 669 g/mol. The second-order valence-electron chi connectivity index (χ2n) is 14.0. The van der Waals surface area contributed by atoms with E-state index in [0.717, 1.165) is 61.0 Å². The minimum absolute atomic E-state index is 0.692. The number of hydrogen-bond donors (Lipinski definition) is 0. The van der Waals surface area contributed by atoms with Crippen LogP contribution in [0, 0.1) is 0 Å². The molecule has 0 aliphatic carbocycles. The molecule has 4 heteroatoms. The van der Waals surface area contributed by atoms with E-state index in [1.807, 2.05) is 12.1 Å². The summed E-state index contributed by atoms with van der Waals surface area (Å²) in [5.74, 6) is 0.692. The summed E-state index contributed by atoms with van der Waals surface area (Å²) in [6, 6.07) is 68.4. The Hall–Kier alpha value is -7.43. The van der Waals surface area contributed by atoms with Crippen LogP contribution >= 0.6 is 0 Å². The summed E-state index contributed by atoms with van der Waals surface area (Å²) >= 11 is 0. The molecule has 11 rings (SSSR count). The summed E-state index contributed by atoms with van der Waals surface area (Å²) in [4.78, 5) is 15.6. The van der Waals surface area contributed by atoms with Crippen molar-refractivity contribution in [2.75, 3.05) is 0 Å². The molecule has 0 amide bonds. The van der Waals surface area contributed by atoms with Crippen LogP contribution in [0.25, 0.3) is 105 Å². The Labute approximate surface area is 317 Å². The van der Waals surface area contributed by atoms with Gasteiger partial charge in [0.1, 0.15) is 0 Å². The molecule has 4 nitrogen and oxygen atoms in total. The number of benzene rings is 8. The van der Waals surface area contributed by atoms with Crippen LogP contribution in [0.3, 0.4) is 0 Å². The van der Waals surface area contributed by atoms with Crippen LogP contribution in [-0.2, 0) is 0 Å². The quantitative estimate of drug-likeness (QED) is 0.168. The molecule has 0 spiro atoms. The van der Waals surface area contributed by atoms with Crippen LogP contribution in [-0.4, -0.2) is 19.5 Å². The lowest BCUT2D eigenvalue weighted by atomic mass is 9.97. The fourth-order valence-electron chi connectivity index (χ4n) is 8.21. The van der Waals surface area contributed by atoms with Gasteiger partial charge >= 0.3 is 0 Å². The summed E-state index contributed by atoms with van der Waals surface area (Å²) in [6.07, 6.45) is 0. The van der Waals surface area contributed by atoms with Crippen molar-refractivity contribution in [2.24, 2.45) is 0 Å². The molecule has 0 N–H and O–H groups in total. The van der Waals surface area contributed by atoms with Crippen molar-refractivity contribution < 1.29 is 0 Å². The summed E-state index contributed by atoms with van der Waals surface area (Å²) in [7, 11) is 0. The van der Waals surface area contributed by atoms with Crippen molar-refractivity contribution >= 4 is 54.4 Å². The Morgan fingerprint density at radius 2 is 0.818 bits per heavy atom. The fraction of sp³-hybridized carbons (Fsp3) is 0. The molecule has 3 heterocycles. The van der Waals surface area contributed by atoms with Gasteiger partial charge < -0.3 is 4.57 Å². The number of pyridine rings is 1. The van der Waals surface area contributed by atoms with E-state index in [2.05, 4.69) is 187 Å². The van der Waals surface area contributed by atoms with Crippen LogP contribution in [0.1, 0.15) is 0 Å². The molecule has 0 atom stereocenters. The molecule has 0 fully saturated rings. The second kappa shape index (κ2) is 12.6. The molecule has 55 heavy (non-hydrogen) atoms. The standard InChI is InChI=1S/C51H32N4/c1-3-13-33(14-4-1)34-23-25-35(26-24-34)48-42-19-8-11-21-45(42)53-51(54-48)37-29-27-36(28-30-37)49-43-32-31-40-39-17-9-12-22-46(39)55(38-15-5-2-6-16-38)50(40)47(43)41-18-7-10-20-44(41)52-49/h1-32H. The molecule has 0 saturated carbocycles. The van der Waals surface area contributed by atoms with Crippen LogP contribution in [0.15, 0.2) is 194 Å². The van der Waals surface area contributed by atoms with E-state index in [9.17, 15) is 0 Å². The predicted octanol–water partition coefficient (Wildman–Crippen LogP) is 13.1. The lowest BCUT2D eigenvalue weighted by Crippen LogP contribution is -1.97. The maximum absolute atomic E-state index is 5.32. The second-order valence-corrected chi connectivity index (χ2v) is 14.0. The van der Waals surface area contributed by atoms with E-state index in [1.165, 1.54) is 38.3 Å². The number of hydrogen-bond acceptors (Lipinski definition) is 3. The van der Waals surface area contributed by atoms with Gasteiger partial charge in [-0.1, -0.05) is 164 Å². The normalized spacial score (nSPS) is 11.6. The Bertz CT molecular complexity index is 3220. The number of para-hydroxylation sites is 4. The summed E-state index contributed by atoms with van der Waals surface area (Å²) in [6.45, 7) is 0. The molecule has 0 radical (unpaired) electrons. The Balaban J connectivity index is 1.07. The van der Waals surface area contributed by atoms with Crippen LogP contribution < -0.4 is 0 Å². The van der Waals surface area contributed by atoms with Gasteiger partial charge in [0.15, 0.2) is 5.82 Å². The Kier molecular flexibility index (Phi) is 7.14. The van der Waals surface area contributed by atoms with Crippen LogP contribution in [0.4, 0.5) is 0 Å². The molecule has 3 aromatic heterocycles. The maximum atomic E-state index is 5.32. The highest BCUT2D eigenvalue weighted by atomic mass is 15.0. The number of aromatic nitrogens is 4. The van der Waals surface area contributed by atoms with E-state index in [4.69, 9.17) is 15.0 Å². The highest BCUT2D eigenvalue weighted by Gasteiger charge is 2.20. The van der Waals surface area contributed by atoms with Gasteiger partial charge in [0.25, 0.3) is 0 Å². The third-order valence-electron chi connectivity index (χ3n) is 10.8. The van der Waals surface area contributed by atoms with E-state index >= 15 is 0 Å². The summed E-state index contributed by atoms with van der Waals surface area (Å²) in [5, 5.41) is 6.93. The highest BCUT2D eigenvalue weighted by Crippen LogP contribution is 2.42. The lowest BCUT2D eigenvalue weighted by molar-refractivity contribution is 1.19. The topological polar surface area (TPSA) is 43.6 Å². The van der Waals surface area contributed by atoms with Crippen molar-refractivity contribution in [3.63, 3.8) is 0 Å². The van der Waals surface area contributed by atoms with E-state index < -0.39 is 0 Å². The number of fused-ring (bicyclic) bond motifs is 8. The van der Waals surface area contributed by atoms with E-state index in [1.54, 1.807) is 0 Å². The minimum atomic E-state index is 0.692. The molecule has 0 unspecified atom stereocenters. The maximum Gasteiger partial charge on any atom is 0.160 e. The average molecular weight is 701 g/mol. The molecular formula is C51H32N4. The van der Waals surface area contributed by atoms with Crippen LogP contribution in [0.5, 0.6) is 0 Å². The Morgan fingerprint density at radius 1 is 0.309 bits per heavy atom. The van der Waals surface area contributed by atoms with Gasteiger partial charge in [0.2, 0.25) is 0 Å². The monoisotopic (exact) mass is 700 g/mol. The van der Waals surface area contributed by atoms with Gasteiger partial charge in [-0.3, -0.25) is 0 Å². The summed E-state index contributed by atoms with van der Waals surface area (Å²) < 4.78 is 2.41. The van der Waals surface area contributed by atoms with Gasteiger partial charge in [-0.25, -0.2) is 15.0 Å². The number of rotatable bonds is 5. The van der Waals surface area contributed by atoms with E-state index in [0.29, 0.717) is 5.82 Å². The zero-order valence-electron chi connectivity index (χ0n) is 29.8. The van der Waals surface area contributed by atoms with Gasteiger partial charge in [-0.2, -0.15) is 0 Å². The van der Waals surface area contributed by atoms with Crippen molar-refractivity contribution in [3.8, 4) is 50.7 Å². The fourth-order valence-corrected chi connectivity index (χ4v) is 8.21. The molecule has 256 valence electrons. The van der Waals surface area contributed by atoms with Crippen LogP contribution in [0.2, 0.25) is 0 Å². The van der Waals surface area contributed by atoms with Gasteiger partial charge in [0, 0.05) is 54.7 Å². The Morgan fingerprint density at radius 3 is 1.55 bits per heavy atom. The molecule has 0 saturated heterocycles. The molecule has 8 aromatic carbocycles. The average Bonchev–Trinajstić information content (AvgIpc) is 3.61. The third kappa shape index (κ3) is 5.11. The van der Waals surface area contributed by atoms with Crippen molar-refractivity contribution in [2.45, 2.75) is 0 Å². The third-order valence-corrected chi connectivity index (χ3v) is 10.8. The zero-order chi connectivity index (χ0) is 36.3. The molecule has 0 bridgehead atoms. The van der Waals surface area contributed by atoms with Gasteiger partial charge in [-0.05, 0) is 41.5 Å². The largest absolute Gasteiger partial charge is 0.309 e. The van der Waals surface area contributed by atoms with Gasteiger partial charge in [0.05, 0.1) is 33.5 Å². The molecule has 0 aliphatic rings. The van der Waals surface area contributed by atoms with Crippen molar-refractivity contribution in [1.29, 1.82) is 0 Å². The van der Waals surface area contributed by atoms with Crippen molar-refractivity contribution in [1.82, 2.24) is 19.5 Å². The SMILES string of the molecule is c1ccc(-c2ccc(-c3nc(-c4ccc(-c5nc6ccccc6c6c5ccc5c7ccccc7n(-c7ccccc7)c56)cc4)nc4ccccc34)cc2)cc1. The number of nitrogens with zero attached hydrogens (tertiary/aromatic N) is 4. The zero-order valence-corrected chi connectivity index (χ0v) is 29.8. The summed E-state index contributed by atoms with van der Waals surface area (Å²) in [5.41, 5.74) is 12.7. The minimum Gasteiger partial charge on any atom is -0.309 e. The first-order valence-corrected chi connectivity index (χ1v) is 18.6.